The van der Waals surface area contributed by atoms with Gasteiger partial charge in [0.05, 0.1) is 5.60 Å². The maximum Gasteiger partial charge on any atom is 0.123 e. The first kappa shape index (κ1) is 13.5. The first-order chi connectivity index (χ1) is 8.41. The van der Waals surface area contributed by atoms with Crippen LogP contribution in [0.2, 0.25) is 0 Å². The van der Waals surface area contributed by atoms with Crippen LogP contribution in [0.1, 0.15) is 32.8 Å². The van der Waals surface area contributed by atoms with Crippen LogP contribution in [0.15, 0.2) is 24.3 Å². The van der Waals surface area contributed by atoms with Crippen molar-refractivity contribution in [3.05, 3.63) is 35.6 Å². The lowest BCUT2D eigenvalue weighted by molar-refractivity contribution is -0.0156. The summed E-state index contributed by atoms with van der Waals surface area (Å²) in [6, 6.07) is 6.95. The molecule has 0 spiro atoms. The monoisotopic (exact) mass is 251 g/mol. The first-order valence-electron chi connectivity index (χ1n) is 6.52. The molecule has 0 radical (unpaired) electrons. The van der Waals surface area contributed by atoms with Crippen molar-refractivity contribution in [3.63, 3.8) is 0 Å². The second-order valence-electron chi connectivity index (χ2n) is 6.11. The third-order valence-corrected chi connectivity index (χ3v) is 3.48. The molecule has 0 aliphatic carbocycles. The van der Waals surface area contributed by atoms with E-state index in [1.54, 1.807) is 12.1 Å². The van der Waals surface area contributed by atoms with Gasteiger partial charge < -0.3 is 10.1 Å². The van der Waals surface area contributed by atoms with Crippen molar-refractivity contribution in [2.45, 2.75) is 38.2 Å². The summed E-state index contributed by atoms with van der Waals surface area (Å²) in [6.45, 7) is 8.69. The highest BCUT2D eigenvalue weighted by Gasteiger charge is 2.38. The second kappa shape index (κ2) is 4.98. The molecule has 0 atom stereocenters. The Morgan fingerprint density at radius 1 is 1.33 bits per heavy atom. The van der Waals surface area contributed by atoms with Crippen LogP contribution in [0.3, 0.4) is 0 Å². The molecule has 2 nitrogen and oxygen atoms in total. The molecule has 0 bridgehead atoms. The molecule has 1 aliphatic rings. The van der Waals surface area contributed by atoms with Crippen molar-refractivity contribution >= 4 is 0 Å². The smallest absolute Gasteiger partial charge is 0.123 e. The Labute approximate surface area is 109 Å². The molecule has 1 N–H and O–H groups in total. The zero-order chi connectivity index (χ0) is 13.2. The fourth-order valence-electron chi connectivity index (χ4n) is 2.32. The van der Waals surface area contributed by atoms with Gasteiger partial charge in [0.2, 0.25) is 0 Å². The molecule has 2 rings (SSSR count). The third kappa shape index (κ3) is 3.09. The molecule has 100 valence electrons. The average molecular weight is 251 g/mol. The van der Waals surface area contributed by atoms with Crippen LogP contribution in [0.5, 0.6) is 0 Å². The van der Waals surface area contributed by atoms with Crippen LogP contribution in [0, 0.1) is 5.82 Å². The van der Waals surface area contributed by atoms with Crippen molar-refractivity contribution in [3.8, 4) is 0 Å². The fraction of sp³-hybridized carbons (Fsp3) is 0.600. The molecule has 1 aliphatic heterocycles. The van der Waals surface area contributed by atoms with Gasteiger partial charge in [-0.05, 0) is 44.9 Å². The fourth-order valence-corrected chi connectivity index (χ4v) is 2.32. The highest BCUT2D eigenvalue weighted by Crippen LogP contribution is 2.33. The molecule has 1 heterocycles. The lowest BCUT2D eigenvalue weighted by atomic mass is 9.73. The van der Waals surface area contributed by atoms with E-state index in [9.17, 15) is 4.39 Å². The van der Waals surface area contributed by atoms with Gasteiger partial charge in [-0.15, -0.1) is 0 Å². The van der Waals surface area contributed by atoms with Crippen molar-refractivity contribution in [2.24, 2.45) is 0 Å². The Hall–Kier alpha value is -0.930. The molecule has 18 heavy (non-hydrogen) atoms. The SMILES string of the molecule is CC(C)(C)OCCC1(c2cccc(F)c2)CNC1. The van der Waals surface area contributed by atoms with E-state index in [0.717, 1.165) is 25.1 Å². The summed E-state index contributed by atoms with van der Waals surface area (Å²) in [6.07, 6.45) is 0.931. The van der Waals surface area contributed by atoms with E-state index in [1.807, 2.05) is 6.07 Å². The molecular weight excluding hydrogens is 229 g/mol. The summed E-state index contributed by atoms with van der Waals surface area (Å²) in [5.74, 6) is -0.157. The topological polar surface area (TPSA) is 21.3 Å². The van der Waals surface area contributed by atoms with E-state index in [0.29, 0.717) is 6.61 Å². The van der Waals surface area contributed by atoms with Crippen LogP contribution in [-0.4, -0.2) is 25.3 Å². The van der Waals surface area contributed by atoms with Crippen LogP contribution < -0.4 is 5.32 Å². The van der Waals surface area contributed by atoms with Crippen molar-refractivity contribution in [1.82, 2.24) is 5.32 Å². The molecule has 1 saturated heterocycles. The Morgan fingerprint density at radius 3 is 2.56 bits per heavy atom. The summed E-state index contributed by atoms with van der Waals surface area (Å²) in [4.78, 5) is 0. The summed E-state index contributed by atoms with van der Waals surface area (Å²) >= 11 is 0. The summed E-state index contributed by atoms with van der Waals surface area (Å²) in [7, 11) is 0. The Kier molecular flexibility index (Phi) is 3.74. The maximum atomic E-state index is 13.3. The Morgan fingerprint density at radius 2 is 2.06 bits per heavy atom. The van der Waals surface area contributed by atoms with Gasteiger partial charge in [0.15, 0.2) is 0 Å². The van der Waals surface area contributed by atoms with Gasteiger partial charge in [-0.2, -0.15) is 0 Å². The van der Waals surface area contributed by atoms with Crippen LogP contribution in [-0.2, 0) is 10.2 Å². The number of hydrogen-bond donors (Lipinski definition) is 1. The zero-order valence-electron chi connectivity index (χ0n) is 11.4. The second-order valence-corrected chi connectivity index (χ2v) is 6.11. The number of ether oxygens (including phenoxy) is 1. The molecule has 1 aromatic carbocycles. The average Bonchev–Trinajstić information content (AvgIpc) is 2.20. The summed E-state index contributed by atoms with van der Waals surface area (Å²) < 4.78 is 19.1. The van der Waals surface area contributed by atoms with Crippen LogP contribution in [0.25, 0.3) is 0 Å². The molecular formula is C15H22FNO. The van der Waals surface area contributed by atoms with Crippen LogP contribution >= 0.6 is 0 Å². The number of benzene rings is 1. The zero-order valence-corrected chi connectivity index (χ0v) is 11.4. The number of hydrogen-bond acceptors (Lipinski definition) is 2. The lowest BCUT2D eigenvalue weighted by Crippen LogP contribution is -2.57. The molecule has 1 fully saturated rings. The summed E-state index contributed by atoms with van der Waals surface area (Å²) in [5, 5.41) is 3.29. The van der Waals surface area contributed by atoms with E-state index in [1.165, 1.54) is 6.07 Å². The molecule has 0 amide bonds. The molecule has 0 saturated carbocycles. The van der Waals surface area contributed by atoms with E-state index >= 15 is 0 Å². The predicted octanol–water partition coefficient (Wildman–Crippen LogP) is 2.87. The van der Waals surface area contributed by atoms with Crippen molar-refractivity contribution < 1.29 is 9.13 Å². The molecule has 1 aromatic rings. The van der Waals surface area contributed by atoms with E-state index in [4.69, 9.17) is 4.74 Å². The highest BCUT2D eigenvalue weighted by molar-refractivity contribution is 5.30. The third-order valence-electron chi connectivity index (χ3n) is 3.48. The van der Waals surface area contributed by atoms with Gasteiger partial charge >= 0.3 is 0 Å². The maximum absolute atomic E-state index is 13.3. The highest BCUT2D eigenvalue weighted by atomic mass is 19.1. The molecule has 3 heteroatoms. The summed E-state index contributed by atoms with van der Waals surface area (Å²) in [5.41, 5.74) is 1.02. The van der Waals surface area contributed by atoms with Gasteiger partial charge in [0.1, 0.15) is 5.82 Å². The predicted molar refractivity (Wildman–Crippen MR) is 71.3 cm³/mol. The standard InChI is InChI=1S/C15H22FNO/c1-14(2,3)18-8-7-15(10-17-11-15)12-5-4-6-13(16)9-12/h4-6,9,17H,7-8,10-11H2,1-3H3. The first-order valence-corrected chi connectivity index (χ1v) is 6.52. The van der Waals surface area contributed by atoms with Crippen LogP contribution in [0.4, 0.5) is 4.39 Å². The minimum atomic E-state index is -0.157. The van der Waals surface area contributed by atoms with Gasteiger partial charge in [-0.3, -0.25) is 0 Å². The van der Waals surface area contributed by atoms with Gasteiger partial charge in [0.25, 0.3) is 0 Å². The van der Waals surface area contributed by atoms with Gasteiger partial charge in [-0.1, -0.05) is 12.1 Å². The number of rotatable bonds is 4. The normalized spacial score (nSPS) is 18.4. The minimum Gasteiger partial charge on any atom is -0.376 e. The van der Waals surface area contributed by atoms with Crippen molar-refractivity contribution in [2.75, 3.05) is 19.7 Å². The van der Waals surface area contributed by atoms with Gasteiger partial charge in [-0.25, -0.2) is 4.39 Å². The minimum absolute atomic E-state index is 0.0490. The number of halogens is 1. The number of nitrogens with one attached hydrogen (secondary N) is 1. The van der Waals surface area contributed by atoms with E-state index in [2.05, 4.69) is 26.1 Å². The van der Waals surface area contributed by atoms with E-state index in [-0.39, 0.29) is 16.8 Å². The van der Waals surface area contributed by atoms with E-state index < -0.39 is 0 Å². The van der Waals surface area contributed by atoms with Crippen molar-refractivity contribution in [1.29, 1.82) is 0 Å². The quantitative estimate of drug-likeness (QED) is 0.888. The lowest BCUT2D eigenvalue weighted by Gasteiger charge is -2.43. The Balaban J connectivity index is 2.03. The molecule has 0 aromatic heterocycles. The Bertz CT molecular complexity index is 407. The molecule has 0 unspecified atom stereocenters. The van der Waals surface area contributed by atoms with Gasteiger partial charge in [0, 0.05) is 25.1 Å². The largest absolute Gasteiger partial charge is 0.376 e.